The molecule has 0 aliphatic rings. The van der Waals surface area contributed by atoms with Gasteiger partial charge in [-0.1, -0.05) is 89.5 Å². The number of halogens is 6. The van der Waals surface area contributed by atoms with Crippen molar-refractivity contribution in [2.75, 3.05) is 0 Å². The van der Waals surface area contributed by atoms with Gasteiger partial charge in [-0.2, -0.15) is 15.8 Å². The van der Waals surface area contributed by atoms with Crippen LogP contribution in [0.3, 0.4) is 0 Å². The summed E-state index contributed by atoms with van der Waals surface area (Å²) in [6, 6.07) is 30.3. The molecule has 0 aliphatic carbocycles. The number of benzene rings is 3. The fourth-order valence-corrected chi connectivity index (χ4v) is 2.74. The minimum atomic E-state index is -3.06. The molecule has 0 N–H and O–H groups in total. The van der Waals surface area contributed by atoms with Gasteiger partial charge in [0.15, 0.2) is 0 Å². The summed E-state index contributed by atoms with van der Waals surface area (Å²) < 4.78 is 0. The van der Waals surface area contributed by atoms with Crippen LogP contribution in [0.1, 0.15) is 33.4 Å². The van der Waals surface area contributed by atoms with E-state index in [9.17, 15) is 0 Å². The summed E-state index contributed by atoms with van der Waals surface area (Å²) in [6.45, 7) is 6.09. The average Bonchev–Trinajstić information content (AvgIpc) is 2.87. The Labute approximate surface area is 320 Å². The van der Waals surface area contributed by atoms with Gasteiger partial charge in [0.05, 0.1) is 37.5 Å². The number of rotatable bonds is 3. The molecule has 0 amide bonds. The molecule has 3 aromatic rings. The first-order valence-corrected chi connectivity index (χ1v) is 44.4. The Balaban J connectivity index is -0.000000442. The van der Waals surface area contributed by atoms with E-state index in [1.54, 1.807) is 0 Å². The van der Waals surface area contributed by atoms with Gasteiger partial charge in [-0.3, -0.25) is 0 Å². The Morgan fingerprint density at radius 2 is 0.800 bits per heavy atom. The SMILES string of the molecule is Cc1cccc(CC#N)c1.Cc1cccc(CC#N)c1.Cc1cccc(CC#N)c1.[Cl][Pt]([Cl])([Cl])[Cl].[Cl][Pt][Cl].[K][K]. The number of aryl methyl sites for hydroxylation is 3. The molecular weight excluding hydrogens is 1050 g/mol. The standard InChI is InChI=1S/3C9H9N.6ClH.2K.2Pt/c3*1-8-3-2-4-9(7-8)5-6-10;;;;;;;;;;/h3*2-4,7H,5H2,1H3;6*1H;;;;/q;;;;;;;;;;;+2;+4/p-6. The van der Waals surface area contributed by atoms with Crippen LogP contribution in [0.4, 0.5) is 0 Å². The molecule has 0 fully saturated rings. The van der Waals surface area contributed by atoms with E-state index < -0.39 is 28.4 Å². The molecule has 3 rings (SSSR count). The molecule has 13 heteroatoms. The van der Waals surface area contributed by atoms with Crippen LogP contribution in [-0.2, 0) is 47.6 Å². The van der Waals surface area contributed by atoms with Gasteiger partial charge >= 0.3 is 148 Å². The summed E-state index contributed by atoms with van der Waals surface area (Å²) in [4.78, 5) is 0. The van der Waals surface area contributed by atoms with Crippen molar-refractivity contribution in [3.63, 3.8) is 0 Å². The second-order valence-corrected chi connectivity index (χ2v) is 30.3. The summed E-state index contributed by atoms with van der Waals surface area (Å²) in [6.07, 6.45) is 1.55. The molecule has 0 spiro atoms. The maximum absolute atomic E-state index is 8.36. The zero-order valence-corrected chi connectivity index (χ0v) is 38.1. The third kappa shape index (κ3) is 36.7. The van der Waals surface area contributed by atoms with E-state index in [1.807, 2.05) is 93.6 Å². The fraction of sp³-hybridized carbons (Fsp3) is 0.222. The Morgan fingerprint density at radius 3 is 0.950 bits per heavy atom. The fourth-order valence-electron chi connectivity index (χ4n) is 2.74. The van der Waals surface area contributed by atoms with Crippen LogP contribution in [0.2, 0.25) is 0 Å². The average molecular weight is 1070 g/mol. The van der Waals surface area contributed by atoms with E-state index in [2.05, 4.69) is 18.2 Å². The van der Waals surface area contributed by atoms with Gasteiger partial charge in [-0.25, -0.2) is 0 Å². The van der Waals surface area contributed by atoms with Gasteiger partial charge in [0.1, 0.15) is 0 Å². The number of nitrogens with zero attached hydrogens (tertiary/aromatic N) is 3. The molecule has 214 valence electrons. The van der Waals surface area contributed by atoms with Crippen molar-refractivity contribution in [2.24, 2.45) is 0 Å². The van der Waals surface area contributed by atoms with Crippen molar-refractivity contribution in [1.82, 2.24) is 0 Å². The Bertz CT molecular complexity index is 1050. The van der Waals surface area contributed by atoms with Crippen LogP contribution in [0.5, 0.6) is 0 Å². The first-order chi connectivity index (χ1) is 18.9. The van der Waals surface area contributed by atoms with Crippen LogP contribution in [0, 0.1) is 54.8 Å². The molecule has 0 aliphatic heterocycles. The van der Waals surface area contributed by atoms with Crippen LogP contribution >= 0.6 is 56.5 Å². The molecule has 0 saturated heterocycles. The molecule has 0 atom stereocenters. The van der Waals surface area contributed by atoms with Gasteiger partial charge < -0.3 is 0 Å². The van der Waals surface area contributed by atoms with E-state index >= 15 is 0 Å². The molecule has 0 radical (unpaired) electrons. The predicted molar refractivity (Wildman–Crippen MR) is 168 cm³/mol. The Hall–Kier alpha value is 2.52. The zero-order chi connectivity index (χ0) is 31.4. The van der Waals surface area contributed by atoms with Crippen molar-refractivity contribution in [3.05, 3.63) is 106 Å². The van der Waals surface area contributed by atoms with E-state index in [1.165, 1.54) is 79.8 Å². The van der Waals surface area contributed by atoms with Crippen LogP contribution in [-0.4, -0.2) is 63.2 Å². The predicted octanol–water partition coefficient (Wildman–Crippen LogP) is 9.55. The van der Waals surface area contributed by atoms with E-state index in [-0.39, 0.29) is 0 Å². The first-order valence-electron chi connectivity index (χ1n) is 11.5. The maximum atomic E-state index is 8.36. The summed E-state index contributed by atoms with van der Waals surface area (Å²) in [7, 11) is 29.8. The second-order valence-electron chi connectivity index (χ2n) is 7.29. The van der Waals surface area contributed by atoms with Crippen molar-refractivity contribution in [2.45, 2.75) is 40.0 Å². The number of hydrogen-bond acceptors (Lipinski definition) is 3. The normalized spacial score (nSPS) is 9.25. The van der Waals surface area contributed by atoms with Crippen molar-refractivity contribution in [1.29, 1.82) is 15.8 Å². The molecule has 0 unspecified atom stereocenters. The quantitative estimate of drug-likeness (QED) is 0.246. The molecule has 3 nitrogen and oxygen atoms in total. The topological polar surface area (TPSA) is 71.4 Å². The zero-order valence-electron chi connectivity index (χ0n) is 22.8. The van der Waals surface area contributed by atoms with Crippen molar-refractivity contribution >= 4 is 120 Å². The minimum absolute atomic E-state index is 0.472. The summed E-state index contributed by atoms with van der Waals surface area (Å²) in [5.41, 5.74) is 6.95. The van der Waals surface area contributed by atoms with Crippen LogP contribution in [0.25, 0.3) is 0 Å². The molecule has 0 saturated carbocycles. The second kappa shape index (κ2) is 32.9. The van der Waals surface area contributed by atoms with Gasteiger partial charge in [-0.15, -0.1) is 0 Å². The van der Waals surface area contributed by atoms with E-state index in [0.717, 1.165) is 16.7 Å². The molecule has 0 heterocycles. The van der Waals surface area contributed by atoms with Gasteiger partial charge in [0.25, 0.3) is 0 Å². The van der Waals surface area contributed by atoms with Gasteiger partial charge in [-0.05, 0) is 37.5 Å². The third-order valence-corrected chi connectivity index (χ3v) is 4.10. The Kier molecular flexibility index (Phi) is 38.6. The van der Waals surface area contributed by atoms with Crippen molar-refractivity contribution < 1.29 is 28.4 Å². The summed E-state index contributed by atoms with van der Waals surface area (Å²) in [5.74, 6) is 0. The van der Waals surface area contributed by atoms with E-state index in [4.69, 9.17) is 72.3 Å². The van der Waals surface area contributed by atoms with Crippen LogP contribution < -0.4 is 0 Å². The molecule has 40 heavy (non-hydrogen) atoms. The van der Waals surface area contributed by atoms with Crippen molar-refractivity contribution in [3.8, 4) is 18.2 Å². The monoisotopic (exact) mass is 1070 g/mol. The van der Waals surface area contributed by atoms with Gasteiger partial charge in [0, 0.05) is 0 Å². The van der Waals surface area contributed by atoms with E-state index in [0.29, 0.717) is 19.3 Å². The summed E-state index contributed by atoms with van der Waals surface area (Å²) in [5, 5.41) is 25.1. The first kappa shape index (κ1) is 46.9. The van der Waals surface area contributed by atoms with Crippen LogP contribution in [0.15, 0.2) is 72.8 Å². The Morgan fingerprint density at radius 1 is 0.600 bits per heavy atom. The molecule has 0 bridgehead atoms. The molecule has 3 aromatic carbocycles. The molecule has 0 aromatic heterocycles. The molecular formula is C27H27Cl6K2N3Pt2. The summed E-state index contributed by atoms with van der Waals surface area (Å²) >= 11 is -1.03. The number of nitriles is 3. The van der Waals surface area contributed by atoms with Gasteiger partial charge in [0.2, 0.25) is 0 Å². The number of hydrogen-bond donors (Lipinski definition) is 0. The third-order valence-electron chi connectivity index (χ3n) is 4.10.